The molecule has 2 fully saturated rings. The fourth-order valence-corrected chi connectivity index (χ4v) is 4.55. The number of likely N-dealkylation sites (tertiary alicyclic amines) is 1. The molecule has 152 valence electrons. The van der Waals surface area contributed by atoms with Gasteiger partial charge in [0.15, 0.2) is 0 Å². The van der Waals surface area contributed by atoms with Crippen LogP contribution in [0, 0.1) is 12.8 Å². The number of rotatable bonds is 4. The molecule has 5 nitrogen and oxygen atoms in total. The molecule has 8 heteroatoms. The lowest BCUT2D eigenvalue weighted by Crippen LogP contribution is -2.46. The number of imidazole rings is 1. The lowest BCUT2D eigenvalue weighted by atomic mass is 9.81. The van der Waals surface area contributed by atoms with Gasteiger partial charge in [0.05, 0.1) is 5.56 Å². The van der Waals surface area contributed by atoms with E-state index in [1.807, 2.05) is 19.2 Å². The van der Waals surface area contributed by atoms with E-state index in [2.05, 4.69) is 25.7 Å². The second kappa shape index (κ2) is 7.85. The number of aromatic amines is 1. The predicted molar refractivity (Wildman–Crippen MR) is 100 cm³/mol. The third-order valence-electron chi connectivity index (χ3n) is 5.87. The average Bonchev–Trinajstić information content (AvgIpc) is 3.30. The van der Waals surface area contributed by atoms with E-state index in [0.717, 1.165) is 55.6 Å². The molecule has 2 aliphatic rings. The Bertz CT molecular complexity index is 803. The van der Waals surface area contributed by atoms with Crippen molar-refractivity contribution in [2.45, 2.75) is 44.4 Å². The Kier molecular flexibility index (Phi) is 5.44. The number of H-pyrrole nitrogens is 1. The van der Waals surface area contributed by atoms with Gasteiger partial charge in [0.25, 0.3) is 0 Å². The Balaban J connectivity index is 1.47. The van der Waals surface area contributed by atoms with Crippen molar-refractivity contribution in [3.05, 3.63) is 53.1 Å². The van der Waals surface area contributed by atoms with Crippen LogP contribution in [0.25, 0.3) is 0 Å². The van der Waals surface area contributed by atoms with E-state index in [1.54, 1.807) is 0 Å². The summed E-state index contributed by atoms with van der Waals surface area (Å²) in [7, 11) is 0. The molecule has 3 unspecified atom stereocenters. The van der Waals surface area contributed by atoms with Crippen molar-refractivity contribution in [1.82, 2.24) is 25.7 Å². The number of benzene rings is 1. The third kappa shape index (κ3) is 4.24. The zero-order chi connectivity index (χ0) is 19.7. The minimum Gasteiger partial charge on any atom is -0.345 e. The van der Waals surface area contributed by atoms with Crippen LogP contribution in [0.5, 0.6) is 0 Å². The van der Waals surface area contributed by atoms with Gasteiger partial charge in [-0.3, -0.25) is 15.8 Å². The molecule has 4 rings (SSSR count). The molecule has 3 heterocycles. The Morgan fingerprint density at radius 3 is 2.89 bits per heavy atom. The maximum absolute atomic E-state index is 13.1. The van der Waals surface area contributed by atoms with Gasteiger partial charge >= 0.3 is 6.18 Å². The zero-order valence-electron chi connectivity index (χ0n) is 15.9. The summed E-state index contributed by atoms with van der Waals surface area (Å²) in [6, 6.07) is 5.90. The number of alkyl halides is 3. The van der Waals surface area contributed by atoms with Gasteiger partial charge in [-0.2, -0.15) is 13.2 Å². The Hall–Kier alpha value is -1.90. The number of halogens is 3. The summed E-state index contributed by atoms with van der Waals surface area (Å²) in [4.78, 5) is 9.94. The summed E-state index contributed by atoms with van der Waals surface area (Å²) in [6.07, 6.45) is -0.271. The first-order valence-corrected chi connectivity index (χ1v) is 9.78. The van der Waals surface area contributed by atoms with Crippen LogP contribution in [-0.4, -0.2) is 40.5 Å². The Morgan fingerprint density at radius 2 is 2.14 bits per heavy atom. The lowest BCUT2D eigenvalue weighted by molar-refractivity contribution is -0.137. The monoisotopic (exact) mass is 393 g/mol. The van der Waals surface area contributed by atoms with Crippen molar-refractivity contribution < 1.29 is 13.2 Å². The van der Waals surface area contributed by atoms with Gasteiger partial charge in [0.2, 0.25) is 0 Å². The van der Waals surface area contributed by atoms with Crippen LogP contribution in [0.1, 0.15) is 41.4 Å². The molecule has 0 saturated carbocycles. The molecule has 2 aliphatic heterocycles. The summed E-state index contributed by atoms with van der Waals surface area (Å²) >= 11 is 0. The molecule has 0 aliphatic carbocycles. The van der Waals surface area contributed by atoms with Gasteiger partial charge in [-0.05, 0) is 43.9 Å². The fraction of sp³-hybridized carbons (Fsp3) is 0.550. The molecular weight excluding hydrogens is 367 g/mol. The summed E-state index contributed by atoms with van der Waals surface area (Å²) in [5, 5.41) is 0. The molecule has 1 aromatic heterocycles. The minimum atomic E-state index is -4.31. The van der Waals surface area contributed by atoms with Crippen LogP contribution in [0.3, 0.4) is 0 Å². The molecule has 1 aromatic carbocycles. The molecule has 3 atom stereocenters. The van der Waals surface area contributed by atoms with Gasteiger partial charge in [-0.25, -0.2) is 4.98 Å². The highest BCUT2D eigenvalue weighted by Gasteiger charge is 2.38. The van der Waals surface area contributed by atoms with Crippen LogP contribution in [0.2, 0.25) is 0 Å². The number of hydrogen-bond donors (Lipinski definition) is 3. The first-order chi connectivity index (χ1) is 13.4. The van der Waals surface area contributed by atoms with Gasteiger partial charge in [-0.15, -0.1) is 0 Å². The molecule has 0 spiro atoms. The van der Waals surface area contributed by atoms with Gasteiger partial charge in [0, 0.05) is 43.5 Å². The highest BCUT2D eigenvalue weighted by molar-refractivity contribution is 5.30. The second-order valence-corrected chi connectivity index (χ2v) is 7.91. The van der Waals surface area contributed by atoms with E-state index in [0.29, 0.717) is 12.5 Å². The standard InChI is InChI=1S/C20H26F3N5/c1-13-24-9-17(26-13)12-28-7-3-5-15(11-28)19-18(10-25-27-19)14-4-2-6-16(8-14)20(21,22)23/h2,4,6,8-9,15,18-19,25,27H,3,5,7,10-12H2,1H3,(H,24,26). The van der Waals surface area contributed by atoms with Crippen molar-refractivity contribution in [1.29, 1.82) is 0 Å². The van der Waals surface area contributed by atoms with Crippen LogP contribution in [0.4, 0.5) is 13.2 Å². The van der Waals surface area contributed by atoms with Crippen LogP contribution in [0.15, 0.2) is 30.5 Å². The molecule has 0 radical (unpaired) electrons. The number of piperidine rings is 1. The van der Waals surface area contributed by atoms with E-state index >= 15 is 0 Å². The summed E-state index contributed by atoms with van der Waals surface area (Å²) in [5.41, 5.74) is 7.80. The van der Waals surface area contributed by atoms with E-state index in [9.17, 15) is 13.2 Å². The number of nitrogens with zero attached hydrogens (tertiary/aromatic N) is 2. The van der Waals surface area contributed by atoms with Crippen molar-refractivity contribution >= 4 is 0 Å². The average molecular weight is 393 g/mol. The fourth-order valence-electron chi connectivity index (χ4n) is 4.55. The molecule has 0 bridgehead atoms. The zero-order valence-corrected chi connectivity index (χ0v) is 15.9. The highest BCUT2D eigenvalue weighted by atomic mass is 19.4. The maximum Gasteiger partial charge on any atom is 0.416 e. The summed E-state index contributed by atoms with van der Waals surface area (Å²) in [6.45, 7) is 5.36. The van der Waals surface area contributed by atoms with E-state index < -0.39 is 11.7 Å². The number of hydrazine groups is 1. The normalized spacial score (nSPS) is 26.6. The quantitative estimate of drug-likeness (QED) is 0.747. The third-order valence-corrected chi connectivity index (χ3v) is 5.87. The van der Waals surface area contributed by atoms with Crippen molar-refractivity contribution in [2.24, 2.45) is 5.92 Å². The number of aryl methyl sites for hydroxylation is 1. The van der Waals surface area contributed by atoms with Gasteiger partial charge in [0.1, 0.15) is 5.82 Å². The first kappa shape index (κ1) is 19.4. The van der Waals surface area contributed by atoms with Crippen molar-refractivity contribution in [2.75, 3.05) is 19.6 Å². The number of nitrogens with one attached hydrogen (secondary N) is 3. The summed E-state index contributed by atoms with van der Waals surface area (Å²) < 4.78 is 39.4. The first-order valence-electron chi connectivity index (χ1n) is 9.78. The van der Waals surface area contributed by atoms with Crippen LogP contribution < -0.4 is 10.9 Å². The van der Waals surface area contributed by atoms with Gasteiger partial charge < -0.3 is 4.98 Å². The number of hydrogen-bond acceptors (Lipinski definition) is 4. The summed E-state index contributed by atoms with van der Waals surface area (Å²) in [5.74, 6) is 1.32. The maximum atomic E-state index is 13.1. The second-order valence-electron chi connectivity index (χ2n) is 7.91. The van der Waals surface area contributed by atoms with Crippen molar-refractivity contribution in [3.63, 3.8) is 0 Å². The van der Waals surface area contributed by atoms with Gasteiger partial charge in [-0.1, -0.05) is 18.2 Å². The number of aromatic nitrogens is 2. The Morgan fingerprint density at radius 1 is 1.29 bits per heavy atom. The SMILES string of the molecule is Cc1ncc(CN2CCCC(C3NNCC3c3cccc(C(F)(F)F)c3)C2)[nH]1. The minimum absolute atomic E-state index is 0.0293. The topological polar surface area (TPSA) is 56.0 Å². The van der Waals surface area contributed by atoms with Crippen LogP contribution >= 0.6 is 0 Å². The predicted octanol–water partition coefficient (Wildman–Crippen LogP) is 3.21. The molecule has 0 amide bonds. The molecule has 28 heavy (non-hydrogen) atoms. The van der Waals surface area contributed by atoms with E-state index in [-0.39, 0.29) is 12.0 Å². The smallest absolute Gasteiger partial charge is 0.345 e. The highest BCUT2D eigenvalue weighted by Crippen LogP contribution is 2.35. The van der Waals surface area contributed by atoms with E-state index in [4.69, 9.17) is 0 Å². The molecular formula is C20H26F3N5. The Labute approximate surface area is 162 Å². The van der Waals surface area contributed by atoms with Crippen LogP contribution in [-0.2, 0) is 12.7 Å². The van der Waals surface area contributed by atoms with Crippen molar-refractivity contribution in [3.8, 4) is 0 Å². The van der Waals surface area contributed by atoms with E-state index in [1.165, 1.54) is 12.1 Å². The molecule has 2 aromatic rings. The molecule has 2 saturated heterocycles. The lowest BCUT2D eigenvalue weighted by Gasteiger charge is -2.37. The largest absolute Gasteiger partial charge is 0.416 e. The molecule has 3 N–H and O–H groups in total.